The van der Waals surface area contributed by atoms with Crippen molar-refractivity contribution in [1.82, 2.24) is 4.90 Å². The fourth-order valence-corrected chi connectivity index (χ4v) is 4.40. The van der Waals surface area contributed by atoms with Crippen molar-refractivity contribution in [3.8, 4) is 0 Å². The normalized spacial score (nSPS) is 20.2. The highest BCUT2D eigenvalue weighted by molar-refractivity contribution is 8.01. The second kappa shape index (κ2) is 7.84. The van der Waals surface area contributed by atoms with Gasteiger partial charge in [0.25, 0.3) is 0 Å². The average molecular weight is 327 g/mol. The zero-order valence-corrected chi connectivity index (χ0v) is 13.8. The Kier molecular flexibility index (Phi) is 6.11. The number of carbonyl (C=O) groups excluding carboxylic acids is 1. The third-order valence-electron chi connectivity index (χ3n) is 3.94. The number of thiophene rings is 1. The Balaban J connectivity index is 1.82. The van der Waals surface area contributed by atoms with Gasteiger partial charge in [-0.2, -0.15) is 0 Å². The molecule has 1 N–H and O–H groups in total. The number of likely N-dealkylation sites (tertiary alicyclic amines) is 1. The summed E-state index contributed by atoms with van der Waals surface area (Å²) < 4.78 is 1.16. The van der Waals surface area contributed by atoms with Gasteiger partial charge in [0.1, 0.15) is 0 Å². The van der Waals surface area contributed by atoms with Crippen LogP contribution in [-0.4, -0.2) is 40.7 Å². The summed E-state index contributed by atoms with van der Waals surface area (Å²) in [6, 6.07) is 4.01. The SMILES string of the molecule is CC(CC(=O)O)C1CCCN(C(=O)CSc2cccs2)C1. The Morgan fingerprint density at radius 3 is 3.05 bits per heavy atom. The third kappa shape index (κ3) is 5.04. The van der Waals surface area contributed by atoms with Gasteiger partial charge in [-0.1, -0.05) is 13.0 Å². The summed E-state index contributed by atoms with van der Waals surface area (Å²) in [4.78, 5) is 25.0. The molecule has 2 unspecified atom stereocenters. The number of carboxylic acid groups (broad SMARTS) is 1. The van der Waals surface area contributed by atoms with E-state index in [2.05, 4.69) is 0 Å². The molecule has 1 fully saturated rings. The molecule has 4 nitrogen and oxygen atoms in total. The van der Waals surface area contributed by atoms with Gasteiger partial charge < -0.3 is 10.0 Å². The van der Waals surface area contributed by atoms with Crippen molar-refractivity contribution in [2.24, 2.45) is 11.8 Å². The number of hydrogen-bond donors (Lipinski definition) is 1. The van der Waals surface area contributed by atoms with Crippen LogP contribution < -0.4 is 0 Å². The first-order valence-electron chi connectivity index (χ1n) is 7.22. The predicted octanol–water partition coefficient (Wildman–Crippen LogP) is 3.19. The Hall–Kier alpha value is -1.01. The van der Waals surface area contributed by atoms with Gasteiger partial charge in [0.15, 0.2) is 0 Å². The lowest BCUT2D eigenvalue weighted by molar-refractivity contribution is -0.138. The Morgan fingerprint density at radius 1 is 1.57 bits per heavy atom. The molecule has 0 bridgehead atoms. The van der Waals surface area contributed by atoms with E-state index in [1.807, 2.05) is 29.3 Å². The second-order valence-electron chi connectivity index (χ2n) is 5.54. The molecule has 6 heteroatoms. The first-order valence-corrected chi connectivity index (χ1v) is 9.08. The summed E-state index contributed by atoms with van der Waals surface area (Å²) in [5, 5.41) is 10.9. The maximum Gasteiger partial charge on any atom is 0.303 e. The summed E-state index contributed by atoms with van der Waals surface area (Å²) in [6.07, 6.45) is 2.19. The first kappa shape index (κ1) is 16.4. The van der Waals surface area contributed by atoms with E-state index < -0.39 is 5.97 Å². The Morgan fingerprint density at radius 2 is 2.38 bits per heavy atom. The maximum atomic E-state index is 12.3. The Bertz CT molecular complexity index is 475. The highest BCUT2D eigenvalue weighted by Crippen LogP contribution is 2.28. The molecular formula is C15H21NO3S2. The van der Waals surface area contributed by atoms with E-state index in [4.69, 9.17) is 5.11 Å². The highest BCUT2D eigenvalue weighted by atomic mass is 32.2. The van der Waals surface area contributed by atoms with E-state index in [1.165, 1.54) is 0 Å². The van der Waals surface area contributed by atoms with Gasteiger partial charge in [-0.15, -0.1) is 23.1 Å². The lowest BCUT2D eigenvalue weighted by atomic mass is 9.84. The zero-order valence-electron chi connectivity index (χ0n) is 12.2. The van der Waals surface area contributed by atoms with Gasteiger partial charge in [-0.05, 0) is 36.1 Å². The molecule has 1 amide bonds. The van der Waals surface area contributed by atoms with Crippen LogP contribution in [0, 0.1) is 11.8 Å². The molecule has 0 radical (unpaired) electrons. The van der Waals surface area contributed by atoms with E-state index in [1.54, 1.807) is 23.1 Å². The van der Waals surface area contributed by atoms with Crippen LogP contribution >= 0.6 is 23.1 Å². The fraction of sp³-hybridized carbons (Fsp3) is 0.600. The third-order valence-corrected chi connectivity index (χ3v) is 6.06. The van der Waals surface area contributed by atoms with Crippen molar-refractivity contribution in [1.29, 1.82) is 0 Å². The molecule has 1 aromatic rings. The molecule has 0 spiro atoms. The predicted molar refractivity (Wildman–Crippen MR) is 85.8 cm³/mol. The monoisotopic (exact) mass is 327 g/mol. The standard InChI is InChI=1S/C15H21NO3S2/c1-11(8-14(18)19)12-4-2-6-16(9-12)13(17)10-21-15-5-3-7-20-15/h3,5,7,11-12H,2,4,6,8-10H2,1H3,(H,18,19). The van der Waals surface area contributed by atoms with Crippen molar-refractivity contribution in [3.63, 3.8) is 0 Å². The summed E-state index contributed by atoms with van der Waals surface area (Å²) in [5.41, 5.74) is 0. The lowest BCUT2D eigenvalue weighted by Gasteiger charge is -2.35. The number of nitrogens with zero attached hydrogens (tertiary/aromatic N) is 1. The van der Waals surface area contributed by atoms with Crippen LogP contribution in [0.4, 0.5) is 0 Å². The molecule has 2 atom stereocenters. The maximum absolute atomic E-state index is 12.3. The molecule has 1 aliphatic heterocycles. The summed E-state index contributed by atoms with van der Waals surface area (Å²) in [7, 11) is 0. The largest absolute Gasteiger partial charge is 0.481 e. The van der Waals surface area contributed by atoms with Crippen molar-refractivity contribution in [2.75, 3.05) is 18.8 Å². The van der Waals surface area contributed by atoms with Crippen LogP contribution in [0.1, 0.15) is 26.2 Å². The molecule has 21 heavy (non-hydrogen) atoms. The number of aliphatic carboxylic acids is 1. The van der Waals surface area contributed by atoms with Gasteiger partial charge in [0, 0.05) is 19.5 Å². The van der Waals surface area contributed by atoms with Crippen LogP contribution in [0.5, 0.6) is 0 Å². The number of thioether (sulfide) groups is 1. The highest BCUT2D eigenvalue weighted by Gasteiger charge is 2.28. The summed E-state index contributed by atoms with van der Waals surface area (Å²) in [5.74, 6) is 0.328. The number of carbonyl (C=O) groups is 2. The van der Waals surface area contributed by atoms with Crippen LogP contribution in [0.2, 0.25) is 0 Å². The number of piperidine rings is 1. The van der Waals surface area contributed by atoms with E-state index in [0.29, 0.717) is 18.2 Å². The number of hydrogen-bond acceptors (Lipinski definition) is 4. The molecule has 0 saturated carbocycles. The molecule has 1 aliphatic rings. The average Bonchev–Trinajstić information content (AvgIpc) is 2.97. The van der Waals surface area contributed by atoms with Crippen molar-refractivity contribution in [2.45, 2.75) is 30.4 Å². The van der Waals surface area contributed by atoms with E-state index in [9.17, 15) is 9.59 Å². The second-order valence-corrected chi connectivity index (χ2v) is 7.76. The number of rotatable bonds is 6. The molecule has 1 aromatic heterocycles. The quantitative estimate of drug-likeness (QED) is 0.815. The fourth-order valence-electron chi connectivity index (χ4n) is 2.71. The van der Waals surface area contributed by atoms with Crippen molar-refractivity contribution in [3.05, 3.63) is 17.5 Å². The zero-order chi connectivity index (χ0) is 15.2. The van der Waals surface area contributed by atoms with Gasteiger partial charge in [0.05, 0.1) is 9.96 Å². The van der Waals surface area contributed by atoms with Gasteiger partial charge in [0.2, 0.25) is 5.91 Å². The minimum atomic E-state index is -0.751. The van der Waals surface area contributed by atoms with Crippen LogP contribution in [0.25, 0.3) is 0 Å². The van der Waals surface area contributed by atoms with Crippen LogP contribution in [0.3, 0.4) is 0 Å². The molecule has 0 aromatic carbocycles. The minimum Gasteiger partial charge on any atom is -0.481 e. The smallest absolute Gasteiger partial charge is 0.303 e. The Labute approximate surface area is 133 Å². The molecule has 116 valence electrons. The molecular weight excluding hydrogens is 306 g/mol. The summed E-state index contributed by atoms with van der Waals surface area (Å²) >= 11 is 3.23. The first-order chi connectivity index (χ1) is 10.1. The van der Waals surface area contributed by atoms with E-state index in [-0.39, 0.29) is 18.2 Å². The van der Waals surface area contributed by atoms with Crippen LogP contribution in [0.15, 0.2) is 21.7 Å². The van der Waals surface area contributed by atoms with E-state index >= 15 is 0 Å². The number of carboxylic acids is 1. The van der Waals surface area contributed by atoms with Gasteiger partial charge in [-0.25, -0.2) is 0 Å². The topological polar surface area (TPSA) is 57.6 Å². The number of amides is 1. The van der Waals surface area contributed by atoms with Crippen molar-refractivity contribution < 1.29 is 14.7 Å². The molecule has 2 heterocycles. The minimum absolute atomic E-state index is 0.128. The molecule has 0 aliphatic carbocycles. The van der Waals surface area contributed by atoms with Gasteiger partial charge >= 0.3 is 5.97 Å². The molecule has 1 saturated heterocycles. The molecule has 2 rings (SSSR count). The van der Waals surface area contributed by atoms with Crippen molar-refractivity contribution >= 4 is 35.0 Å². The lowest BCUT2D eigenvalue weighted by Crippen LogP contribution is -2.42. The van der Waals surface area contributed by atoms with E-state index in [0.717, 1.165) is 23.6 Å². The van der Waals surface area contributed by atoms with Crippen LogP contribution in [-0.2, 0) is 9.59 Å². The summed E-state index contributed by atoms with van der Waals surface area (Å²) in [6.45, 7) is 3.49. The van der Waals surface area contributed by atoms with Gasteiger partial charge in [-0.3, -0.25) is 9.59 Å².